The van der Waals surface area contributed by atoms with Crippen LogP contribution in [0.25, 0.3) is 0 Å². The summed E-state index contributed by atoms with van der Waals surface area (Å²) in [5, 5.41) is 3.38. The zero-order valence-corrected chi connectivity index (χ0v) is 16.5. The summed E-state index contributed by atoms with van der Waals surface area (Å²) < 4.78 is 7.26. The molecule has 2 rings (SSSR count). The van der Waals surface area contributed by atoms with Crippen molar-refractivity contribution in [2.45, 2.75) is 27.3 Å². The molecule has 0 unspecified atom stereocenters. The minimum Gasteiger partial charge on any atom is -0.459 e. The van der Waals surface area contributed by atoms with Crippen LogP contribution < -0.4 is 26.5 Å². The predicted molar refractivity (Wildman–Crippen MR) is 92.5 cm³/mol. The van der Waals surface area contributed by atoms with E-state index in [0.717, 1.165) is 9.28 Å². The van der Waals surface area contributed by atoms with Crippen molar-refractivity contribution in [3.8, 4) is 0 Å². The van der Waals surface area contributed by atoms with E-state index >= 15 is 0 Å². The number of nitrogens with one attached hydrogen (secondary N) is 1. The Hall–Kier alpha value is -1.82. The molecule has 0 heterocycles. The zero-order chi connectivity index (χ0) is 17.4. The van der Waals surface area contributed by atoms with Crippen LogP contribution in [0.1, 0.15) is 25.0 Å². The standard InChI is InChI=1S/C20H22INO2/c1-4-24-20(23)19(21-18-12-10-15(2)11-13-18)16(3)22-14-17-8-6-5-7-9-17/h5-13H,4,14H2,1-3H3/p+1. The maximum atomic E-state index is 12.4. The van der Waals surface area contributed by atoms with E-state index in [2.05, 4.69) is 48.6 Å². The van der Waals surface area contributed by atoms with Crippen molar-refractivity contribution in [2.75, 3.05) is 6.61 Å². The molecule has 0 saturated heterocycles. The Labute approximate surface area is 154 Å². The molecule has 126 valence electrons. The summed E-state index contributed by atoms with van der Waals surface area (Å²) in [5.74, 6) is -0.205. The van der Waals surface area contributed by atoms with Crippen LogP contribution in [0.4, 0.5) is 0 Å². The average Bonchev–Trinajstić information content (AvgIpc) is 2.60. The highest BCUT2D eigenvalue weighted by Crippen LogP contribution is 2.01. The fourth-order valence-electron chi connectivity index (χ4n) is 2.07. The Morgan fingerprint density at radius 2 is 1.75 bits per heavy atom. The molecule has 0 bridgehead atoms. The molecule has 2 aromatic carbocycles. The maximum Gasteiger partial charge on any atom is 0.387 e. The Bertz CT molecular complexity index is 693. The highest BCUT2D eigenvalue weighted by molar-refractivity contribution is 5.86. The Morgan fingerprint density at radius 3 is 2.38 bits per heavy atom. The third-order valence-corrected chi connectivity index (χ3v) is 6.53. The van der Waals surface area contributed by atoms with Gasteiger partial charge in [0.2, 0.25) is 0 Å². The normalized spacial score (nSPS) is 11.6. The number of hydrogen-bond acceptors (Lipinski definition) is 3. The van der Waals surface area contributed by atoms with E-state index in [0.29, 0.717) is 13.2 Å². The molecule has 0 fully saturated rings. The van der Waals surface area contributed by atoms with E-state index in [1.165, 1.54) is 14.7 Å². The lowest BCUT2D eigenvalue weighted by atomic mass is 10.2. The van der Waals surface area contributed by atoms with Crippen molar-refractivity contribution in [2.24, 2.45) is 0 Å². The number of aryl methyl sites for hydroxylation is 1. The van der Waals surface area contributed by atoms with Gasteiger partial charge in [0.25, 0.3) is 3.58 Å². The number of halogens is 1. The number of carbonyl (C=O) groups is 1. The predicted octanol–water partition coefficient (Wildman–Crippen LogP) is 0.838. The second-order valence-electron chi connectivity index (χ2n) is 5.39. The zero-order valence-electron chi connectivity index (χ0n) is 14.3. The van der Waals surface area contributed by atoms with E-state index in [-0.39, 0.29) is 5.97 Å². The molecule has 0 aliphatic heterocycles. The van der Waals surface area contributed by atoms with Crippen molar-refractivity contribution >= 4 is 5.97 Å². The minimum absolute atomic E-state index is 0.205. The first kappa shape index (κ1) is 18.5. The lowest BCUT2D eigenvalue weighted by Crippen LogP contribution is -3.61. The molecule has 24 heavy (non-hydrogen) atoms. The molecule has 0 radical (unpaired) electrons. The van der Waals surface area contributed by atoms with E-state index in [1.807, 2.05) is 32.0 Å². The Morgan fingerprint density at radius 1 is 1.08 bits per heavy atom. The number of rotatable bonds is 7. The second-order valence-corrected chi connectivity index (χ2v) is 8.25. The highest BCUT2D eigenvalue weighted by Gasteiger charge is 2.31. The Kier molecular flexibility index (Phi) is 7.31. The molecular formula is C20H23INO2+. The highest BCUT2D eigenvalue weighted by atomic mass is 127. The first-order valence-electron chi connectivity index (χ1n) is 7.97. The smallest absolute Gasteiger partial charge is 0.387 e. The monoisotopic (exact) mass is 436 g/mol. The van der Waals surface area contributed by atoms with Crippen LogP contribution >= 0.6 is 0 Å². The summed E-state index contributed by atoms with van der Waals surface area (Å²) >= 11 is -0.585. The van der Waals surface area contributed by atoms with Gasteiger partial charge >= 0.3 is 27.2 Å². The summed E-state index contributed by atoms with van der Waals surface area (Å²) in [7, 11) is 0. The van der Waals surface area contributed by atoms with E-state index in [4.69, 9.17) is 4.74 Å². The van der Waals surface area contributed by atoms with Crippen LogP contribution in [0.3, 0.4) is 0 Å². The summed E-state index contributed by atoms with van der Waals surface area (Å²) in [6, 6.07) is 18.6. The van der Waals surface area contributed by atoms with Gasteiger partial charge in [0.05, 0.1) is 12.3 Å². The summed E-state index contributed by atoms with van der Waals surface area (Å²) in [6.07, 6.45) is 0. The van der Waals surface area contributed by atoms with Crippen LogP contribution in [0.5, 0.6) is 0 Å². The van der Waals surface area contributed by atoms with E-state index in [1.54, 1.807) is 0 Å². The number of hydrogen-bond donors (Lipinski definition) is 1. The van der Waals surface area contributed by atoms with Crippen LogP contribution in [0.15, 0.2) is 63.9 Å². The number of allylic oxidation sites excluding steroid dienone is 1. The van der Waals surface area contributed by atoms with Crippen LogP contribution in [0, 0.1) is 10.5 Å². The second kappa shape index (κ2) is 9.47. The molecule has 0 aromatic heterocycles. The van der Waals surface area contributed by atoms with Gasteiger partial charge < -0.3 is 10.1 Å². The van der Waals surface area contributed by atoms with E-state index < -0.39 is 21.2 Å². The van der Waals surface area contributed by atoms with Gasteiger partial charge in [0.15, 0.2) is 3.57 Å². The third-order valence-electron chi connectivity index (χ3n) is 3.40. The van der Waals surface area contributed by atoms with Gasteiger partial charge in [-0.2, -0.15) is 0 Å². The van der Waals surface area contributed by atoms with Gasteiger partial charge in [-0.1, -0.05) is 48.0 Å². The lowest BCUT2D eigenvalue weighted by Gasteiger charge is -2.07. The molecule has 3 nitrogen and oxygen atoms in total. The topological polar surface area (TPSA) is 38.3 Å². The number of ether oxygens (including phenoxy) is 1. The van der Waals surface area contributed by atoms with Crippen molar-refractivity contribution in [1.29, 1.82) is 0 Å². The summed E-state index contributed by atoms with van der Waals surface area (Å²) in [6.45, 7) is 6.96. The molecule has 0 saturated carbocycles. The maximum absolute atomic E-state index is 12.4. The van der Waals surface area contributed by atoms with Crippen molar-refractivity contribution < 1.29 is 30.7 Å². The van der Waals surface area contributed by atoms with Gasteiger partial charge in [-0.25, -0.2) is 4.79 Å². The fourth-order valence-corrected chi connectivity index (χ4v) is 4.38. The number of carbonyl (C=O) groups excluding carboxylic acids is 1. The first-order valence-corrected chi connectivity index (χ1v) is 10.1. The fraction of sp³-hybridized carbons (Fsp3) is 0.250. The van der Waals surface area contributed by atoms with Crippen molar-refractivity contribution in [3.63, 3.8) is 0 Å². The molecule has 4 heteroatoms. The average molecular weight is 436 g/mol. The molecular weight excluding hydrogens is 413 g/mol. The van der Waals surface area contributed by atoms with E-state index in [9.17, 15) is 4.79 Å². The van der Waals surface area contributed by atoms with Crippen molar-refractivity contribution in [3.05, 3.63) is 78.6 Å². The quantitative estimate of drug-likeness (QED) is 0.397. The summed E-state index contributed by atoms with van der Waals surface area (Å²) in [4.78, 5) is 12.4. The van der Waals surface area contributed by atoms with Crippen LogP contribution in [-0.2, 0) is 16.1 Å². The van der Waals surface area contributed by atoms with Gasteiger partial charge in [-0.15, -0.1) is 0 Å². The minimum atomic E-state index is -0.585. The van der Waals surface area contributed by atoms with Crippen LogP contribution in [-0.4, -0.2) is 12.6 Å². The molecule has 1 N–H and O–H groups in total. The molecule has 0 aliphatic rings. The van der Waals surface area contributed by atoms with Crippen LogP contribution in [0.2, 0.25) is 0 Å². The molecule has 2 aromatic rings. The SMILES string of the molecule is CCOC(=O)/C([I+]c1ccc(C)cc1)=C(/C)NCc1ccccc1. The van der Waals surface area contributed by atoms with Gasteiger partial charge in [-0.05, 0) is 38.5 Å². The van der Waals surface area contributed by atoms with Gasteiger partial charge in [-0.3, -0.25) is 0 Å². The molecule has 0 atom stereocenters. The van der Waals surface area contributed by atoms with Gasteiger partial charge in [0, 0.05) is 6.54 Å². The number of esters is 1. The molecule has 0 amide bonds. The Balaban J connectivity index is 2.16. The van der Waals surface area contributed by atoms with Crippen molar-refractivity contribution in [1.82, 2.24) is 5.32 Å². The molecule has 0 spiro atoms. The third kappa shape index (κ3) is 5.67. The largest absolute Gasteiger partial charge is 0.459 e. The summed E-state index contributed by atoms with van der Waals surface area (Å²) in [5.41, 5.74) is 3.32. The number of benzene rings is 2. The van der Waals surface area contributed by atoms with Gasteiger partial charge in [0.1, 0.15) is 0 Å². The first-order chi connectivity index (χ1) is 11.6. The lowest BCUT2D eigenvalue weighted by molar-refractivity contribution is -0.572. The molecule has 0 aliphatic carbocycles.